The fourth-order valence-electron chi connectivity index (χ4n) is 2.31. The first-order valence-corrected chi connectivity index (χ1v) is 7.52. The second kappa shape index (κ2) is 6.84. The van der Waals surface area contributed by atoms with Crippen LogP contribution in [0.15, 0.2) is 42.6 Å². The van der Waals surface area contributed by atoms with Crippen LogP contribution in [-0.4, -0.2) is 29.6 Å². The zero-order valence-corrected chi connectivity index (χ0v) is 13.1. The van der Waals surface area contributed by atoms with E-state index < -0.39 is 30.0 Å². The van der Waals surface area contributed by atoms with Crippen LogP contribution in [0.3, 0.4) is 0 Å². The van der Waals surface area contributed by atoms with Gasteiger partial charge in [0, 0.05) is 5.02 Å². The number of carbonyl (C=O) groups excluding carboxylic acids is 2. The van der Waals surface area contributed by atoms with Gasteiger partial charge in [0.25, 0.3) is 5.91 Å². The normalized spacial score (nSPS) is 17.8. The van der Waals surface area contributed by atoms with E-state index in [4.69, 9.17) is 16.3 Å². The molecule has 2 aromatic rings. The minimum absolute atomic E-state index is 0.0921. The predicted molar refractivity (Wildman–Crippen MR) is 83.9 cm³/mol. The molecule has 0 bridgehead atoms. The van der Waals surface area contributed by atoms with Gasteiger partial charge in [0.1, 0.15) is 5.82 Å². The highest BCUT2D eigenvalue weighted by molar-refractivity contribution is 6.30. The number of amides is 2. The lowest BCUT2D eigenvalue weighted by atomic mass is 10.0. The van der Waals surface area contributed by atoms with Crippen LogP contribution in [0.2, 0.25) is 5.02 Å². The molecule has 1 fully saturated rings. The lowest BCUT2D eigenvalue weighted by Crippen LogP contribution is -2.39. The number of rotatable bonds is 4. The number of ether oxygens (including phenoxy) is 1. The van der Waals surface area contributed by atoms with Gasteiger partial charge in [-0.3, -0.25) is 9.78 Å². The van der Waals surface area contributed by atoms with Gasteiger partial charge < -0.3 is 15.4 Å². The molecule has 1 aliphatic heterocycles. The third kappa shape index (κ3) is 3.62. The van der Waals surface area contributed by atoms with Gasteiger partial charge >= 0.3 is 6.09 Å². The molecular formula is C16H13ClFN3O3. The van der Waals surface area contributed by atoms with E-state index in [0.29, 0.717) is 16.3 Å². The van der Waals surface area contributed by atoms with Crippen molar-refractivity contribution in [2.24, 2.45) is 0 Å². The van der Waals surface area contributed by atoms with E-state index in [0.717, 1.165) is 6.20 Å². The van der Waals surface area contributed by atoms with Crippen LogP contribution in [0.25, 0.3) is 0 Å². The predicted octanol–water partition coefficient (Wildman–Crippen LogP) is 2.19. The van der Waals surface area contributed by atoms with Crippen LogP contribution >= 0.6 is 11.6 Å². The molecule has 0 spiro atoms. The number of aromatic nitrogens is 1. The Balaban J connectivity index is 1.86. The maximum atomic E-state index is 13.1. The highest BCUT2D eigenvalue weighted by atomic mass is 35.5. The van der Waals surface area contributed by atoms with Gasteiger partial charge in [-0.1, -0.05) is 23.7 Å². The summed E-state index contributed by atoms with van der Waals surface area (Å²) in [7, 11) is 0. The molecule has 1 saturated heterocycles. The number of hydrogen-bond acceptors (Lipinski definition) is 4. The number of nitrogens with zero attached hydrogens (tertiary/aromatic N) is 1. The number of benzene rings is 1. The average molecular weight is 350 g/mol. The standard InChI is InChI=1S/C16H13ClFN3O3/c17-10-3-1-9(2-4-10)14(12-6-5-11(18)7-19-12)21-15(22)13-8-20-16(23)24-13/h1-7,13-14H,8H2,(H,20,23)(H,21,22)/t13-,14+/m0/s1. The molecule has 2 amide bonds. The Labute approximate surface area is 142 Å². The first-order chi connectivity index (χ1) is 11.5. The summed E-state index contributed by atoms with van der Waals surface area (Å²) < 4.78 is 18.0. The van der Waals surface area contributed by atoms with Gasteiger partial charge in [-0.15, -0.1) is 0 Å². The molecule has 1 aromatic heterocycles. The van der Waals surface area contributed by atoms with Crippen LogP contribution in [-0.2, 0) is 9.53 Å². The van der Waals surface area contributed by atoms with E-state index in [9.17, 15) is 14.0 Å². The van der Waals surface area contributed by atoms with Gasteiger partial charge in [-0.2, -0.15) is 0 Å². The molecule has 124 valence electrons. The summed E-state index contributed by atoms with van der Waals surface area (Å²) in [4.78, 5) is 27.4. The first kappa shape index (κ1) is 16.2. The Morgan fingerprint density at radius 2 is 2.08 bits per heavy atom. The van der Waals surface area contributed by atoms with Crippen molar-refractivity contribution in [1.82, 2.24) is 15.6 Å². The number of alkyl carbamates (subject to hydrolysis) is 1. The average Bonchev–Trinajstić information content (AvgIpc) is 3.01. The van der Waals surface area contributed by atoms with Crippen molar-refractivity contribution >= 4 is 23.6 Å². The molecule has 6 nitrogen and oxygen atoms in total. The van der Waals surface area contributed by atoms with Gasteiger partial charge in [0.15, 0.2) is 6.10 Å². The maximum absolute atomic E-state index is 13.1. The third-order valence-electron chi connectivity index (χ3n) is 3.51. The van der Waals surface area contributed by atoms with Crippen molar-refractivity contribution in [3.63, 3.8) is 0 Å². The van der Waals surface area contributed by atoms with Crippen molar-refractivity contribution in [2.75, 3.05) is 6.54 Å². The van der Waals surface area contributed by atoms with E-state index >= 15 is 0 Å². The Kier molecular flexibility index (Phi) is 4.61. The van der Waals surface area contributed by atoms with Crippen LogP contribution in [0.1, 0.15) is 17.3 Å². The molecule has 0 saturated carbocycles. The molecule has 1 aromatic carbocycles. The summed E-state index contributed by atoms with van der Waals surface area (Å²) in [6.45, 7) is 0.0921. The van der Waals surface area contributed by atoms with Gasteiger partial charge in [-0.05, 0) is 29.8 Å². The number of carbonyl (C=O) groups is 2. The van der Waals surface area contributed by atoms with E-state index in [-0.39, 0.29) is 6.54 Å². The smallest absolute Gasteiger partial charge is 0.408 e. The molecule has 2 heterocycles. The van der Waals surface area contributed by atoms with Crippen molar-refractivity contribution in [1.29, 1.82) is 0 Å². The number of nitrogens with one attached hydrogen (secondary N) is 2. The Hall–Kier alpha value is -2.67. The fraction of sp³-hybridized carbons (Fsp3) is 0.188. The number of halogens is 2. The zero-order chi connectivity index (χ0) is 17.1. The Bertz CT molecular complexity index is 707. The topological polar surface area (TPSA) is 80.3 Å². The van der Waals surface area contributed by atoms with Gasteiger partial charge in [0.05, 0.1) is 24.5 Å². The van der Waals surface area contributed by atoms with E-state index in [2.05, 4.69) is 15.6 Å². The molecular weight excluding hydrogens is 337 g/mol. The molecule has 0 unspecified atom stereocenters. The highest BCUT2D eigenvalue weighted by Crippen LogP contribution is 2.23. The number of pyridine rings is 1. The Morgan fingerprint density at radius 3 is 2.67 bits per heavy atom. The fourth-order valence-corrected chi connectivity index (χ4v) is 2.44. The van der Waals surface area contributed by atoms with Gasteiger partial charge in [0.2, 0.25) is 0 Å². The van der Waals surface area contributed by atoms with Crippen LogP contribution in [0, 0.1) is 5.82 Å². The zero-order valence-electron chi connectivity index (χ0n) is 12.3. The molecule has 2 N–H and O–H groups in total. The first-order valence-electron chi connectivity index (χ1n) is 7.15. The SMILES string of the molecule is O=C1NC[C@@H](C(=O)N[C@H](c2ccc(Cl)cc2)c2ccc(F)cn2)O1. The monoisotopic (exact) mass is 349 g/mol. The van der Waals surface area contributed by atoms with Crippen molar-refractivity contribution < 1.29 is 18.7 Å². The molecule has 0 aliphatic carbocycles. The van der Waals surface area contributed by atoms with E-state index in [1.165, 1.54) is 12.1 Å². The number of cyclic esters (lactones) is 1. The minimum atomic E-state index is -0.923. The van der Waals surface area contributed by atoms with Crippen molar-refractivity contribution in [2.45, 2.75) is 12.1 Å². The number of hydrogen-bond donors (Lipinski definition) is 2. The van der Waals surface area contributed by atoms with Crippen LogP contribution in [0.4, 0.5) is 9.18 Å². The largest absolute Gasteiger partial charge is 0.434 e. The maximum Gasteiger partial charge on any atom is 0.408 e. The summed E-state index contributed by atoms with van der Waals surface area (Å²) in [6.07, 6.45) is -0.493. The quantitative estimate of drug-likeness (QED) is 0.886. The summed E-state index contributed by atoms with van der Waals surface area (Å²) in [5, 5.41) is 5.73. The molecule has 2 atom stereocenters. The molecule has 24 heavy (non-hydrogen) atoms. The molecule has 3 rings (SSSR count). The van der Waals surface area contributed by atoms with E-state index in [1.807, 2.05) is 0 Å². The highest BCUT2D eigenvalue weighted by Gasteiger charge is 2.31. The lowest BCUT2D eigenvalue weighted by Gasteiger charge is -2.20. The minimum Gasteiger partial charge on any atom is -0.434 e. The molecule has 1 aliphatic rings. The van der Waals surface area contributed by atoms with Crippen LogP contribution in [0.5, 0.6) is 0 Å². The summed E-state index contributed by atoms with van der Waals surface area (Å²) >= 11 is 5.89. The second-order valence-electron chi connectivity index (χ2n) is 5.17. The molecule has 0 radical (unpaired) electrons. The van der Waals surface area contributed by atoms with E-state index in [1.54, 1.807) is 24.3 Å². The Morgan fingerprint density at radius 1 is 1.33 bits per heavy atom. The summed E-state index contributed by atoms with van der Waals surface area (Å²) in [5.41, 5.74) is 1.16. The van der Waals surface area contributed by atoms with Crippen LogP contribution < -0.4 is 10.6 Å². The third-order valence-corrected chi connectivity index (χ3v) is 3.76. The van der Waals surface area contributed by atoms with Crippen molar-refractivity contribution in [3.8, 4) is 0 Å². The summed E-state index contributed by atoms with van der Waals surface area (Å²) in [6, 6.07) is 8.93. The lowest BCUT2D eigenvalue weighted by molar-refractivity contribution is -0.128. The molecule has 8 heteroatoms. The second-order valence-corrected chi connectivity index (χ2v) is 5.61. The summed E-state index contributed by atoms with van der Waals surface area (Å²) in [5.74, 6) is -0.951. The van der Waals surface area contributed by atoms with Crippen molar-refractivity contribution in [3.05, 3.63) is 64.7 Å². The van der Waals surface area contributed by atoms with Gasteiger partial charge in [-0.25, -0.2) is 9.18 Å².